The van der Waals surface area contributed by atoms with Gasteiger partial charge in [-0.15, -0.1) is 0 Å². The number of anilines is 1. The molecule has 0 aliphatic rings. The maximum Gasteiger partial charge on any atom is 0.338 e. The Balaban J connectivity index is 1.95. The number of carbonyl (C=O) groups excluding carboxylic acids is 2. The van der Waals surface area contributed by atoms with Crippen molar-refractivity contribution < 1.29 is 19.1 Å². The molecule has 0 saturated heterocycles. The first-order valence-electron chi connectivity index (χ1n) is 10.8. The Kier molecular flexibility index (Phi) is 11.2. The summed E-state index contributed by atoms with van der Waals surface area (Å²) in [6.45, 7) is 5.03. The minimum absolute atomic E-state index is 0.144. The van der Waals surface area contributed by atoms with Crippen molar-refractivity contribution in [1.82, 2.24) is 5.32 Å². The molecule has 0 saturated carbocycles. The fraction of sp³-hybridized carbons (Fsp3) is 0.375. The summed E-state index contributed by atoms with van der Waals surface area (Å²) in [7, 11) is 0. The van der Waals surface area contributed by atoms with E-state index in [9.17, 15) is 9.59 Å². The van der Waals surface area contributed by atoms with Gasteiger partial charge >= 0.3 is 5.97 Å². The van der Waals surface area contributed by atoms with Crippen molar-refractivity contribution in [2.24, 2.45) is 0 Å². The van der Waals surface area contributed by atoms with Crippen LogP contribution in [0.3, 0.4) is 0 Å². The molecular weight excluding hydrogens is 492 g/mol. The number of rotatable bonds is 11. The van der Waals surface area contributed by atoms with E-state index in [1.165, 1.54) is 0 Å². The van der Waals surface area contributed by atoms with Crippen LogP contribution in [0, 0.1) is 0 Å². The summed E-state index contributed by atoms with van der Waals surface area (Å²) in [4.78, 5) is 24.7. The SMILES string of the molecule is CCCCCCOc1ccc(Br)cc1C(=O)NC(=S)Nc1ccc(C(=O)OCCC)cc1. The van der Waals surface area contributed by atoms with Crippen LogP contribution in [0.25, 0.3) is 0 Å². The molecule has 0 spiro atoms. The Hall–Kier alpha value is -2.45. The van der Waals surface area contributed by atoms with Gasteiger partial charge in [-0.1, -0.05) is 49.0 Å². The molecule has 8 heteroatoms. The smallest absolute Gasteiger partial charge is 0.338 e. The highest BCUT2D eigenvalue weighted by atomic mass is 79.9. The molecule has 1 amide bonds. The van der Waals surface area contributed by atoms with Crippen molar-refractivity contribution in [3.8, 4) is 5.75 Å². The zero-order valence-corrected chi connectivity index (χ0v) is 20.8. The number of ether oxygens (including phenoxy) is 2. The van der Waals surface area contributed by atoms with Crippen LogP contribution in [0.2, 0.25) is 0 Å². The maximum atomic E-state index is 12.8. The number of carbonyl (C=O) groups is 2. The number of amides is 1. The van der Waals surface area contributed by atoms with Gasteiger partial charge in [0.15, 0.2) is 5.11 Å². The van der Waals surface area contributed by atoms with Crippen LogP contribution < -0.4 is 15.4 Å². The zero-order valence-electron chi connectivity index (χ0n) is 18.4. The normalized spacial score (nSPS) is 10.3. The average Bonchev–Trinajstić information content (AvgIpc) is 2.78. The first-order valence-corrected chi connectivity index (χ1v) is 12.0. The lowest BCUT2D eigenvalue weighted by molar-refractivity contribution is 0.0505. The second-order valence-corrected chi connectivity index (χ2v) is 8.50. The van der Waals surface area contributed by atoms with E-state index in [4.69, 9.17) is 21.7 Å². The lowest BCUT2D eigenvalue weighted by atomic mass is 10.2. The van der Waals surface area contributed by atoms with Crippen LogP contribution in [-0.4, -0.2) is 30.2 Å². The van der Waals surface area contributed by atoms with Gasteiger partial charge in [0.2, 0.25) is 0 Å². The van der Waals surface area contributed by atoms with Gasteiger partial charge in [-0.3, -0.25) is 10.1 Å². The van der Waals surface area contributed by atoms with Crippen molar-refractivity contribution in [3.05, 3.63) is 58.1 Å². The predicted octanol–water partition coefficient (Wildman–Crippen LogP) is 6.10. The van der Waals surface area contributed by atoms with Crippen LogP contribution >= 0.6 is 28.1 Å². The summed E-state index contributed by atoms with van der Waals surface area (Å²) in [5.41, 5.74) is 1.49. The molecule has 0 fully saturated rings. The van der Waals surface area contributed by atoms with Gasteiger partial charge in [-0.2, -0.15) is 0 Å². The number of benzene rings is 2. The van der Waals surface area contributed by atoms with Crippen LogP contribution in [0.1, 0.15) is 66.7 Å². The minimum atomic E-state index is -0.369. The number of hydrogen-bond donors (Lipinski definition) is 2. The van der Waals surface area contributed by atoms with E-state index in [0.29, 0.717) is 35.8 Å². The highest BCUT2D eigenvalue weighted by Crippen LogP contribution is 2.24. The predicted molar refractivity (Wildman–Crippen MR) is 134 cm³/mol. The Morgan fingerprint density at radius 3 is 2.41 bits per heavy atom. The Morgan fingerprint density at radius 1 is 0.969 bits per heavy atom. The monoisotopic (exact) mass is 520 g/mol. The van der Waals surface area contributed by atoms with Gasteiger partial charge in [0, 0.05) is 10.2 Å². The first-order chi connectivity index (χ1) is 15.4. The summed E-state index contributed by atoms with van der Waals surface area (Å²) < 4.78 is 11.7. The molecular formula is C24H29BrN2O4S. The van der Waals surface area contributed by atoms with Crippen LogP contribution in [0.4, 0.5) is 5.69 Å². The molecule has 2 aromatic carbocycles. The van der Waals surface area contributed by atoms with E-state index in [-0.39, 0.29) is 17.0 Å². The van der Waals surface area contributed by atoms with Crippen molar-refractivity contribution in [3.63, 3.8) is 0 Å². The minimum Gasteiger partial charge on any atom is -0.493 e. The molecule has 172 valence electrons. The van der Waals surface area contributed by atoms with E-state index in [1.807, 2.05) is 13.0 Å². The summed E-state index contributed by atoms with van der Waals surface area (Å²) in [6, 6.07) is 12.0. The molecule has 0 atom stereocenters. The molecule has 32 heavy (non-hydrogen) atoms. The standard InChI is InChI=1S/C24H29BrN2O4S/c1-3-5-6-7-15-30-21-13-10-18(25)16-20(21)22(28)27-24(32)26-19-11-8-17(9-12-19)23(29)31-14-4-2/h8-13,16H,3-7,14-15H2,1-2H3,(H2,26,27,28,32). The molecule has 2 rings (SSSR count). The first kappa shape index (κ1) is 25.8. The summed E-state index contributed by atoms with van der Waals surface area (Å²) >= 11 is 8.68. The quantitative estimate of drug-likeness (QED) is 0.211. The number of halogens is 1. The molecule has 0 bridgehead atoms. The maximum absolute atomic E-state index is 12.8. The van der Waals surface area contributed by atoms with Crippen molar-refractivity contribution >= 4 is 50.8 Å². The van der Waals surface area contributed by atoms with Gasteiger partial charge in [-0.25, -0.2) is 4.79 Å². The van der Waals surface area contributed by atoms with E-state index < -0.39 is 0 Å². The molecule has 0 aliphatic carbocycles. The molecule has 0 aliphatic heterocycles. The summed E-state index contributed by atoms with van der Waals surface area (Å²) in [6.07, 6.45) is 5.12. The Bertz CT molecular complexity index is 919. The number of esters is 1. The van der Waals surface area contributed by atoms with Gasteiger partial charge in [0.1, 0.15) is 5.75 Å². The number of unbranched alkanes of at least 4 members (excludes halogenated alkanes) is 3. The Labute approximate surface area is 203 Å². The highest BCUT2D eigenvalue weighted by molar-refractivity contribution is 9.10. The Morgan fingerprint density at radius 2 is 1.72 bits per heavy atom. The molecule has 2 aromatic rings. The number of hydrogen-bond acceptors (Lipinski definition) is 5. The van der Waals surface area contributed by atoms with Gasteiger partial charge < -0.3 is 14.8 Å². The topological polar surface area (TPSA) is 76.7 Å². The van der Waals surface area contributed by atoms with Gasteiger partial charge in [0.25, 0.3) is 5.91 Å². The van der Waals surface area contributed by atoms with E-state index in [0.717, 1.165) is 36.6 Å². The summed E-state index contributed by atoms with van der Waals surface area (Å²) in [5.74, 6) is -0.224. The third-order valence-corrected chi connectivity index (χ3v) is 5.18. The zero-order chi connectivity index (χ0) is 23.3. The molecule has 2 N–H and O–H groups in total. The fourth-order valence-corrected chi connectivity index (χ4v) is 3.39. The second kappa shape index (κ2) is 13.9. The van der Waals surface area contributed by atoms with Crippen molar-refractivity contribution in [2.75, 3.05) is 18.5 Å². The second-order valence-electron chi connectivity index (χ2n) is 7.17. The number of thiocarbonyl (C=S) groups is 1. The highest BCUT2D eigenvalue weighted by Gasteiger charge is 2.15. The molecule has 0 aromatic heterocycles. The number of nitrogens with one attached hydrogen (secondary N) is 2. The van der Waals surface area contributed by atoms with Gasteiger partial charge in [-0.05, 0) is 67.5 Å². The van der Waals surface area contributed by atoms with E-state index in [1.54, 1.807) is 36.4 Å². The van der Waals surface area contributed by atoms with Crippen molar-refractivity contribution in [1.29, 1.82) is 0 Å². The van der Waals surface area contributed by atoms with E-state index in [2.05, 4.69) is 33.5 Å². The molecule has 0 unspecified atom stereocenters. The molecule has 6 nitrogen and oxygen atoms in total. The largest absolute Gasteiger partial charge is 0.493 e. The lowest BCUT2D eigenvalue weighted by Gasteiger charge is -2.14. The lowest BCUT2D eigenvalue weighted by Crippen LogP contribution is -2.34. The fourth-order valence-electron chi connectivity index (χ4n) is 2.82. The third-order valence-electron chi connectivity index (χ3n) is 4.48. The van der Waals surface area contributed by atoms with Gasteiger partial charge in [0.05, 0.1) is 24.3 Å². The molecule has 0 radical (unpaired) electrons. The van der Waals surface area contributed by atoms with Crippen LogP contribution in [0.15, 0.2) is 46.9 Å². The van der Waals surface area contributed by atoms with Crippen LogP contribution in [0.5, 0.6) is 5.75 Å². The van der Waals surface area contributed by atoms with Crippen LogP contribution in [-0.2, 0) is 4.74 Å². The average molecular weight is 521 g/mol. The van der Waals surface area contributed by atoms with E-state index >= 15 is 0 Å². The van der Waals surface area contributed by atoms with Crippen molar-refractivity contribution in [2.45, 2.75) is 46.0 Å². The summed E-state index contributed by atoms with van der Waals surface area (Å²) in [5, 5.41) is 5.77. The third kappa shape index (κ3) is 8.59. The molecule has 0 heterocycles.